The molecule has 0 unspecified atom stereocenters. The Balaban J connectivity index is 2.00. The third-order valence-corrected chi connectivity index (χ3v) is 4.43. The lowest BCUT2D eigenvalue weighted by atomic mass is 10.1. The number of imide groups is 1. The molecule has 9 heteroatoms. The van der Waals surface area contributed by atoms with E-state index in [0.29, 0.717) is 0 Å². The molecule has 0 bridgehead atoms. The molecule has 1 aliphatic rings. The number of carbonyl (C=O) groups excluding carboxylic acids is 3. The standard InChI is InChI=1S/C13H14N2O6S/c1-21-11(16)8-14-22(19,20)7-6-15-12(17)9-4-2-3-5-10(9)13(15)18/h2-5,14H,6-8H2,1H3. The van der Waals surface area contributed by atoms with Crippen molar-refractivity contribution in [3.63, 3.8) is 0 Å². The van der Waals surface area contributed by atoms with Crippen LogP contribution in [0.2, 0.25) is 0 Å². The van der Waals surface area contributed by atoms with Crippen molar-refractivity contribution in [2.75, 3.05) is 26.0 Å². The predicted molar refractivity (Wildman–Crippen MR) is 75.6 cm³/mol. The van der Waals surface area contributed by atoms with Gasteiger partial charge in [0.05, 0.1) is 24.0 Å². The van der Waals surface area contributed by atoms with Crippen molar-refractivity contribution in [2.45, 2.75) is 0 Å². The lowest BCUT2D eigenvalue weighted by Crippen LogP contribution is -2.39. The zero-order valence-corrected chi connectivity index (χ0v) is 12.6. The van der Waals surface area contributed by atoms with Crippen LogP contribution in [0.3, 0.4) is 0 Å². The van der Waals surface area contributed by atoms with Gasteiger partial charge < -0.3 is 4.74 Å². The molecule has 0 fully saturated rings. The number of amides is 2. The molecule has 118 valence electrons. The van der Waals surface area contributed by atoms with E-state index in [4.69, 9.17) is 0 Å². The summed E-state index contributed by atoms with van der Waals surface area (Å²) in [6.45, 7) is -0.788. The molecule has 8 nitrogen and oxygen atoms in total. The van der Waals surface area contributed by atoms with Crippen LogP contribution in [0.4, 0.5) is 0 Å². The molecule has 1 aromatic rings. The summed E-state index contributed by atoms with van der Waals surface area (Å²) in [4.78, 5) is 35.9. The molecule has 1 aromatic carbocycles. The number of hydrogen-bond acceptors (Lipinski definition) is 6. The quantitative estimate of drug-likeness (QED) is 0.551. The van der Waals surface area contributed by atoms with Crippen molar-refractivity contribution in [1.82, 2.24) is 9.62 Å². The number of sulfonamides is 1. The molecule has 0 aliphatic carbocycles. The molecule has 0 radical (unpaired) electrons. The minimum atomic E-state index is -3.81. The van der Waals surface area contributed by atoms with Gasteiger partial charge >= 0.3 is 5.97 Å². The number of nitrogens with one attached hydrogen (secondary N) is 1. The van der Waals surface area contributed by atoms with Crippen molar-refractivity contribution < 1.29 is 27.5 Å². The summed E-state index contributed by atoms with van der Waals surface area (Å²) < 4.78 is 29.8. The Bertz CT molecular complexity index is 693. The van der Waals surface area contributed by atoms with Gasteiger partial charge in [-0.15, -0.1) is 0 Å². The highest BCUT2D eigenvalue weighted by Crippen LogP contribution is 2.21. The maximum absolute atomic E-state index is 12.1. The van der Waals surface area contributed by atoms with E-state index in [1.807, 2.05) is 4.72 Å². The smallest absolute Gasteiger partial charge is 0.320 e. The zero-order chi connectivity index (χ0) is 16.3. The lowest BCUT2D eigenvalue weighted by molar-refractivity contribution is -0.139. The number of ether oxygens (including phenoxy) is 1. The molecule has 0 atom stereocenters. The van der Waals surface area contributed by atoms with E-state index in [1.165, 1.54) is 12.1 Å². The Morgan fingerprint density at radius 3 is 2.23 bits per heavy atom. The minimum Gasteiger partial charge on any atom is -0.468 e. The number of nitrogens with zero attached hydrogens (tertiary/aromatic N) is 1. The summed E-state index contributed by atoms with van der Waals surface area (Å²) in [5.41, 5.74) is 0.514. The minimum absolute atomic E-state index is 0.257. The summed E-state index contributed by atoms with van der Waals surface area (Å²) in [6, 6.07) is 6.28. The first kappa shape index (κ1) is 16.1. The van der Waals surface area contributed by atoms with Crippen LogP contribution < -0.4 is 4.72 Å². The lowest BCUT2D eigenvalue weighted by Gasteiger charge is -2.13. The van der Waals surface area contributed by atoms with E-state index in [2.05, 4.69) is 4.74 Å². The second kappa shape index (κ2) is 6.24. The van der Waals surface area contributed by atoms with Gasteiger partial charge in [0, 0.05) is 6.54 Å². The van der Waals surface area contributed by atoms with Gasteiger partial charge in [-0.25, -0.2) is 13.1 Å². The van der Waals surface area contributed by atoms with Gasteiger partial charge in [0.1, 0.15) is 6.54 Å². The number of benzene rings is 1. The highest BCUT2D eigenvalue weighted by atomic mass is 32.2. The molecule has 2 amide bonds. The zero-order valence-electron chi connectivity index (χ0n) is 11.7. The molecular weight excluding hydrogens is 312 g/mol. The van der Waals surface area contributed by atoms with E-state index in [-0.39, 0.29) is 17.7 Å². The molecule has 1 N–H and O–H groups in total. The maximum Gasteiger partial charge on any atom is 0.320 e. The number of rotatable bonds is 6. The average molecular weight is 326 g/mol. The highest BCUT2D eigenvalue weighted by molar-refractivity contribution is 7.89. The Morgan fingerprint density at radius 1 is 1.18 bits per heavy atom. The molecule has 1 heterocycles. The molecule has 0 aromatic heterocycles. The Morgan fingerprint density at radius 2 is 1.73 bits per heavy atom. The van der Waals surface area contributed by atoms with E-state index in [9.17, 15) is 22.8 Å². The fraction of sp³-hybridized carbons (Fsp3) is 0.308. The summed E-state index contributed by atoms with van der Waals surface area (Å²) >= 11 is 0. The second-order valence-corrected chi connectivity index (χ2v) is 6.45. The van der Waals surface area contributed by atoms with Crippen LogP contribution in [0, 0.1) is 0 Å². The van der Waals surface area contributed by atoms with Gasteiger partial charge in [-0.05, 0) is 12.1 Å². The predicted octanol–water partition coefficient (Wildman–Crippen LogP) is -0.625. The van der Waals surface area contributed by atoms with Crippen LogP contribution in [0.1, 0.15) is 20.7 Å². The monoisotopic (exact) mass is 326 g/mol. The molecule has 0 saturated heterocycles. The first-order valence-electron chi connectivity index (χ1n) is 6.35. The molecule has 1 aliphatic heterocycles. The fourth-order valence-corrected chi connectivity index (χ4v) is 2.87. The summed E-state index contributed by atoms with van der Waals surface area (Å²) in [5.74, 6) is -2.27. The van der Waals surface area contributed by atoms with Crippen LogP contribution in [-0.4, -0.2) is 57.1 Å². The second-order valence-electron chi connectivity index (χ2n) is 4.52. The van der Waals surface area contributed by atoms with Crippen molar-refractivity contribution >= 4 is 27.8 Å². The number of hydrogen-bond donors (Lipinski definition) is 1. The molecule has 22 heavy (non-hydrogen) atoms. The number of carbonyl (C=O) groups is 3. The van der Waals surface area contributed by atoms with Crippen LogP contribution in [0.5, 0.6) is 0 Å². The van der Waals surface area contributed by atoms with E-state index < -0.39 is 40.1 Å². The van der Waals surface area contributed by atoms with Crippen LogP contribution in [0.25, 0.3) is 0 Å². The van der Waals surface area contributed by atoms with E-state index >= 15 is 0 Å². The summed E-state index contributed by atoms with van der Waals surface area (Å²) in [6.07, 6.45) is 0. The largest absolute Gasteiger partial charge is 0.468 e. The number of esters is 1. The van der Waals surface area contributed by atoms with Crippen molar-refractivity contribution in [3.05, 3.63) is 35.4 Å². The van der Waals surface area contributed by atoms with Gasteiger partial charge in [0.25, 0.3) is 11.8 Å². The number of fused-ring (bicyclic) bond motifs is 1. The number of methoxy groups -OCH3 is 1. The molecule has 0 spiro atoms. The van der Waals surface area contributed by atoms with Crippen LogP contribution in [-0.2, 0) is 19.6 Å². The molecule has 2 rings (SSSR count). The fourth-order valence-electron chi connectivity index (χ4n) is 1.97. The van der Waals surface area contributed by atoms with E-state index in [1.54, 1.807) is 12.1 Å². The topological polar surface area (TPSA) is 110 Å². The molecule has 0 saturated carbocycles. The maximum atomic E-state index is 12.1. The Kier molecular flexibility index (Phi) is 4.57. The van der Waals surface area contributed by atoms with Crippen LogP contribution in [0.15, 0.2) is 24.3 Å². The highest BCUT2D eigenvalue weighted by Gasteiger charge is 2.35. The third-order valence-electron chi connectivity index (χ3n) is 3.13. The van der Waals surface area contributed by atoms with Crippen molar-refractivity contribution in [2.24, 2.45) is 0 Å². The van der Waals surface area contributed by atoms with Crippen molar-refractivity contribution in [1.29, 1.82) is 0 Å². The van der Waals surface area contributed by atoms with Crippen molar-refractivity contribution in [3.8, 4) is 0 Å². The first-order valence-corrected chi connectivity index (χ1v) is 8.00. The van der Waals surface area contributed by atoms with Gasteiger partial charge in [-0.2, -0.15) is 0 Å². The van der Waals surface area contributed by atoms with Gasteiger partial charge in [0.15, 0.2) is 0 Å². The van der Waals surface area contributed by atoms with Gasteiger partial charge in [-0.3, -0.25) is 19.3 Å². The van der Waals surface area contributed by atoms with E-state index in [0.717, 1.165) is 12.0 Å². The summed E-state index contributed by atoms with van der Waals surface area (Å²) in [5, 5.41) is 0. The first-order chi connectivity index (χ1) is 10.4. The molecular formula is C13H14N2O6S. The summed E-state index contributed by atoms with van der Waals surface area (Å²) in [7, 11) is -2.67. The Hall–Kier alpha value is -2.26. The van der Waals surface area contributed by atoms with Gasteiger partial charge in [0.2, 0.25) is 10.0 Å². The van der Waals surface area contributed by atoms with Crippen LogP contribution >= 0.6 is 0 Å². The third kappa shape index (κ3) is 3.31. The average Bonchev–Trinajstić information content (AvgIpc) is 2.75. The normalized spacial score (nSPS) is 14.1. The SMILES string of the molecule is COC(=O)CNS(=O)(=O)CCN1C(=O)c2ccccc2C1=O. The van der Waals surface area contributed by atoms with Gasteiger partial charge in [-0.1, -0.05) is 12.1 Å². The Labute approximate surface area is 127 Å².